The SMILES string of the molecule is CCC(=O)N(CC(C)C)c1ccc(N2CC(CN(I)C(=O)c3ccc(C)s3)OC2=O)cc1. The van der Waals surface area contributed by atoms with Gasteiger partial charge in [-0.15, -0.1) is 11.3 Å². The van der Waals surface area contributed by atoms with Gasteiger partial charge in [0.1, 0.15) is 6.10 Å². The van der Waals surface area contributed by atoms with Crippen LogP contribution in [0, 0.1) is 12.8 Å². The molecule has 0 saturated carbocycles. The van der Waals surface area contributed by atoms with E-state index in [1.54, 1.807) is 12.9 Å². The lowest BCUT2D eigenvalue weighted by Crippen LogP contribution is -2.34. The molecule has 1 fully saturated rings. The lowest BCUT2D eigenvalue weighted by Gasteiger charge is -2.25. The van der Waals surface area contributed by atoms with Crippen LogP contribution in [-0.2, 0) is 9.53 Å². The predicted molar refractivity (Wildman–Crippen MR) is 136 cm³/mol. The molecule has 0 radical (unpaired) electrons. The molecule has 1 atom stereocenters. The van der Waals surface area contributed by atoms with Crippen molar-refractivity contribution in [2.45, 2.75) is 40.2 Å². The first-order chi connectivity index (χ1) is 15.2. The number of amides is 3. The Hall–Kier alpha value is -2.14. The second-order valence-corrected chi connectivity index (χ2v) is 10.6. The van der Waals surface area contributed by atoms with Crippen molar-refractivity contribution in [2.75, 3.05) is 29.4 Å². The second-order valence-electron chi connectivity index (χ2n) is 8.14. The van der Waals surface area contributed by atoms with Crippen LogP contribution in [0.4, 0.5) is 16.2 Å². The van der Waals surface area contributed by atoms with Crippen LogP contribution in [0.5, 0.6) is 0 Å². The molecule has 0 spiro atoms. The lowest BCUT2D eigenvalue weighted by molar-refractivity contribution is -0.118. The van der Waals surface area contributed by atoms with Gasteiger partial charge >= 0.3 is 6.09 Å². The number of hydrogen-bond donors (Lipinski definition) is 0. The Balaban J connectivity index is 1.65. The molecule has 0 N–H and O–H groups in total. The van der Waals surface area contributed by atoms with E-state index in [1.165, 1.54) is 11.3 Å². The minimum atomic E-state index is -0.435. The first-order valence-electron chi connectivity index (χ1n) is 10.6. The van der Waals surface area contributed by atoms with Crippen LogP contribution in [0.3, 0.4) is 0 Å². The summed E-state index contributed by atoms with van der Waals surface area (Å²) in [5, 5.41) is 0. The highest BCUT2D eigenvalue weighted by Crippen LogP contribution is 2.27. The van der Waals surface area contributed by atoms with Gasteiger partial charge in [-0.2, -0.15) is 0 Å². The van der Waals surface area contributed by atoms with Crippen LogP contribution in [0.25, 0.3) is 0 Å². The number of halogens is 1. The number of aryl methyl sites for hydroxylation is 1. The second kappa shape index (κ2) is 10.7. The van der Waals surface area contributed by atoms with E-state index in [0.717, 1.165) is 10.6 Å². The summed E-state index contributed by atoms with van der Waals surface area (Å²) in [6.45, 7) is 9.27. The number of carbonyl (C=O) groups excluding carboxylic acids is 3. The average Bonchev–Trinajstić information content (AvgIpc) is 3.36. The fourth-order valence-corrected chi connectivity index (χ4v) is 5.16. The zero-order chi connectivity index (χ0) is 23.4. The van der Waals surface area contributed by atoms with E-state index in [1.807, 2.05) is 73.1 Å². The Bertz CT molecular complexity index is 976. The fraction of sp³-hybridized carbons (Fsp3) is 0.435. The summed E-state index contributed by atoms with van der Waals surface area (Å²) in [4.78, 5) is 42.5. The van der Waals surface area contributed by atoms with E-state index in [2.05, 4.69) is 13.8 Å². The van der Waals surface area contributed by atoms with E-state index >= 15 is 0 Å². The summed E-state index contributed by atoms with van der Waals surface area (Å²) in [5.41, 5.74) is 1.52. The number of rotatable bonds is 8. The van der Waals surface area contributed by atoms with E-state index in [-0.39, 0.29) is 11.8 Å². The van der Waals surface area contributed by atoms with Gasteiger partial charge in [0, 0.05) is 29.2 Å². The van der Waals surface area contributed by atoms with E-state index < -0.39 is 12.2 Å². The molecule has 1 saturated heterocycles. The van der Waals surface area contributed by atoms with Crippen LogP contribution >= 0.6 is 34.2 Å². The van der Waals surface area contributed by atoms with E-state index in [9.17, 15) is 14.4 Å². The molecule has 1 aromatic carbocycles. The molecule has 172 valence electrons. The zero-order valence-corrected chi connectivity index (χ0v) is 21.7. The Morgan fingerprint density at radius 1 is 1.22 bits per heavy atom. The van der Waals surface area contributed by atoms with Gasteiger partial charge in [-0.25, -0.2) is 4.79 Å². The Kier molecular flexibility index (Phi) is 8.16. The van der Waals surface area contributed by atoms with Crippen LogP contribution in [-0.4, -0.2) is 46.8 Å². The third-order valence-electron chi connectivity index (χ3n) is 5.03. The highest BCUT2D eigenvalue weighted by Gasteiger charge is 2.34. The Morgan fingerprint density at radius 3 is 2.47 bits per heavy atom. The first kappa shape index (κ1) is 24.5. The molecule has 32 heavy (non-hydrogen) atoms. The Labute approximate surface area is 206 Å². The number of nitrogens with zero attached hydrogens (tertiary/aromatic N) is 3. The summed E-state index contributed by atoms with van der Waals surface area (Å²) in [7, 11) is 0. The quantitative estimate of drug-likeness (QED) is 0.321. The number of ether oxygens (including phenoxy) is 1. The fourth-order valence-electron chi connectivity index (χ4n) is 3.48. The third-order valence-corrected chi connectivity index (χ3v) is 6.85. The van der Waals surface area contributed by atoms with Gasteiger partial charge in [-0.3, -0.25) is 17.6 Å². The van der Waals surface area contributed by atoms with Crippen LogP contribution in [0.2, 0.25) is 0 Å². The molecule has 1 aliphatic rings. The third kappa shape index (κ3) is 5.80. The lowest BCUT2D eigenvalue weighted by atomic mass is 10.1. The summed E-state index contributed by atoms with van der Waals surface area (Å²) in [6, 6.07) is 11.1. The zero-order valence-electron chi connectivity index (χ0n) is 18.7. The van der Waals surface area contributed by atoms with Crippen molar-refractivity contribution in [2.24, 2.45) is 5.92 Å². The summed E-state index contributed by atoms with van der Waals surface area (Å²) >= 11 is 3.42. The average molecular weight is 569 g/mol. The molecule has 2 heterocycles. The van der Waals surface area contributed by atoms with Gasteiger partial charge in [0.05, 0.1) is 40.8 Å². The van der Waals surface area contributed by atoms with Gasteiger partial charge < -0.3 is 9.64 Å². The predicted octanol–water partition coefficient (Wildman–Crippen LogP) is 5.27. The maximum absolute atomic E-state index is 12.6. The molecule has 0 aliphatic carbocycles. The van der Waals surface area contributed by atoms with Gasteiger partial charge in [0.25, 0.3) is 5.91 Å². The summed E-state index contributed by atoms with van der Waals surface area (Å²) < 4.78 is 7.07. The maximum Gasteiger partial charge on any atom is 0.414 e. The number of anilines is 2. The van der Waals surface area contributed by atoms with Crippen molar-refractivity contribution >= 4 is 63.5 Å². The number of thiophene rings is 1. The molecule has 3 rings (SSSR count). The van der Waals surface area contributed by atoms with Crippen molar-refractivity contribution in [3.8, 4) is 0 Å². The number of hydrogen-bond acceptors (Lipinski definition) is 5. The van der Waals surface area contributed by atoms with Crippen molar-refractivity contribution in [1.29, 1.82) is 0 Å². The van der Waals surface area contributed by atoms with Gasteiger partial charge in [0.15, 0.2) is 0 Å². The molecular weight excluding hydrogens is 541 g/mol. The highest BCUT2D eigenvalue weighted by molar-refractivity contribution is 14.1. The molecule has 1 unspecified atom stereocenters. The van der Waals surface area contributed by atoms with Crippen LogP contribution in [0.15, 0.2) is 36.4 Å². The van der Waals surface area contributed by atoms with Gasteiger partial charge in [0.2, 0.25) is 5.91 Å². The monoisotopic (exact) mass is 569 g/mol. The maximum atomic E-state index is 12.6. The number of cyclic esters (lactones) is 1. The standard InChI is InChI=1S/C23H28IN3O4S/c1-5-21(28)25(12-15(2)3)17-7-9-18(10-8-17)26-13-19(31-23(26)30)14-27(24)22(29)20-11-6-16(4)32-20/h6-11,15,19H,5,12-14H2,1-4H3. The van der Waals surface area contributed by atoms with Crippen LogP contribution < -0.4 is 9.80 Å². The normalized spacial score (nSPS) is 15.8. The molecule has 1 aromatic heterocycles. The van der Waals surface area contributed by atoms with E-state index in [4.69, 9.17) is 4.74 Å². The molecule has 9 heteroatoms. The van der Waals surface area contributed by atoms with Gasteiger partial charge in [-0.1, -0.05) is 20.8 Å². The van der Waals surface area contributed by atoms with Crippen molar-refractivity contribution in [3.63, 3.8) is 0 Å². The Morgan fingerprint density at radius 2 is 1.91 bits per heavy atom. The molecule has 2 aromatic rings. The smallest absolute Gasteiger partial charge is 0.414 e. The number of carbonyl (C=O) groups is 3. The van der Waals surface area contributed by atoms with Crippen molar-refractivity contribution in [3.05, 3.63) is 46.2 Å². The van der Waals surface area contributed by atoms with E-state index in [0.29, 0.717) is 42.5 Å². The van der Waals surface area contributed by atoms with Crippen molar-refractivity contribution < 1.29 is 19.1 Å². The topological polar surface area (TPSA) is 70.2 Å². The highest BCUT2D eigenvalue weighted by atomic mass is 127. The largest absolute Gasteiger partial charge is 0.442 e. The molecule has 7 nitrogen and oxygen atoms in total. The molecular formula is C23H28IN3O4S. The summed E-state index contributed by atoms with van der Waals surface area (Å²) in [6.07, 6.45) is -0.413. The molecule has 0 bridgehead atoms. The van der Waals surface area contributed by atoms with Gasteiger partial charge in [-0.05, 0) is 49.2 Å². The van der Waals surface area contributed by atoms with Crippen LogP contribution in [0.1, 0.15) is 41.7 Å². The molecule has 1 aliphatic heterocycles. The number of benzene rings is 1. The minimum Gasteiger partial charge on any atom is -0.442 e. The minimum absolute atomic E-state index is 0.0693. The van der Waals surface area contributed by atoms with Crippen molar-refractivity contribution in [1.82, 2.24) is 3.11 Å². The molecule has 3 amide bonds. The first-order valence-corrected chi connectivity index (χ1v) is 12.4. The summed E-state index contributed by atoms with van der Waals surface area (Å²) in [5.74, 6) is 0.324.